The van der Waals surface area contributed by atoms with Crippen LogP contribution in [0.5, 0.6) is 5.75 Å². The average molecular weight is 421 g/mol. The highest BCUT2D eigenvalue weighted by Gasteiger charge is 2.28. The van der Waals surface area contributed by atoms with Gasteiger partial charge in [0.25, 0.3) is 11.8 Å². The van der Waals surface area contributed by atoms with Gasteiger partial charge in [-0.1, -0.05) is 35.3 Å². The molecule has 144 valence electrons. The highest BCUT2D eigenvalue weighted by Crippen LogP contribution is 2.27. The number of anilines is 1. The summed E-state index contributed by atoms with van der Waals surface area (Å²) in [5.41, 5.74) is -0.0705. The van der Waals surface area contributed by atoms with E-state index in [-0.39, 0.29) is 22.0 Å². The molecule has 0 aromatic heterocycles. The number of rotatable bonds is 6. The number of hydrogen-bond acceptors (Lipinski definition) is 3. The van der Waals surface area contributed by atoms with Crippen molar-refractivity contribution >= 4 is 40.7 Å². The number of alkyl halides is 3. The van der Waals surface area contributed by atoms with Crippen LogP contribution in [0, 0.1) is 0 Å². The largest absolute Gasteiger partial charge is 0.482 e. The summed E-state index contributed by atoms with van der Waals surface area (Å²) in [6, 6.07) is 10.1. The maximum Gasteiger partial charge on any atom is 0.405 e. The quantitative estimate of drug-likeness (QED) is 0.731. The molecule has 0 unspecified atom stereocenters. The molecule has 0 atom stereocenters. The molecule has 2 N–H and O–H groups in total. The van der Waals surface area contributed by atoms with Crippen molar-refractivity contribution in [3.63, 3.8) is 0 Å². The summed E-state index contributed by atoms with van der Waals surface area (Å²) in [5, 5.41) is 4.77. The molecule has 0 bridgehead atoms. The van der Waals surface area contributed by atoms with Crippen LogP contribution in [-0.4, -0.2) is 31.1 Å². The van der Waals surface area contributed by atoms with Gasteiger partial charge in [0.2, 0.25) is 0 Å². The van der Waals surface area contributed by atoms with Crippen molar-refractivity contribution in [1.29, 1.82) is 0 Å². The first-order valence-corrected chi connectivity index (χ1v) is 8.23. The van der Waals surface area contributed by atoms with E-state index in [9.17, 15) is 22.8 Å². The van der Waals surface area contributed by atoms with Gasteiger partial charge in [-0.25, -0.2) is 0 Å². The molecule has 0 heterocycles. The second kappa shape index (κ2) is 8.96. The molecule has 2 aromatic rings. The van der Waals surface area contributed by atoms with Gasteiger partial charge in [-0.3, -0.25) is 9.59 Å². The monoisotopic (exact) mass is 420 g/mol. The first-order valence-electron chi connectivity index (χ1n) is 7.47. The zero-order valence-electron chi connectivity index (χ0n) is 13.6. The van der Waals surface area contributed by atoms with E-state index in [2.05, 4.69) is 5.32 Å². The zero-order chi connectivity index (χ0) is 20.0. The summed E-state index contributed by atoms with van der Waals surface area (Å²) in [6.45, 7) is -1.93. The van der Waals surface area contributed by atoms with Gasteiger partial charge in [0.1, 0.15) is 12.3 Å². The fraction of sp³-hybridized carbons (Fsp3) is 0.176. The van der Waals surface area contributed by atoms with Crippen molar-refractivity contribution in [2.75, 3.05) is 18.5 Å². The smallest absolute Gasteiger partial charge is 0.405 e. The summed E-state index contributed by atoms with van der Waals surface area (Å²) in [5.74, 6) is -1.42. The summed E-state index contributed by atoms with van der Waals surface area (Å²) in [6.07, 6.45) is -4.54. The number of benzene rings is 2. The first kappa shape index (κ1) is 20.9. The van der Waals surface area contributed by atoms with Gasteiger partial charge in [0.05, 0.1) is 16.3 Å². The molecule has 0 spiro atoms. The first-order chi connectivity index (χ1) is 12.7. The normalized spacial score (nSPS) is 11.0. The molecule has 0 saturated carbocycles. The minimum atomic E-state index is -4.54. The molecular weight excluding hydrogens is 408 g/mol. The van der Waals surface area contributed by atoms with Crippen molar-refractivity contribution in [2.45, 2.75) is 6.18 Å². The molecule has 0 aliphatic heterocycles. The van der Waals surface area contributed by atoms with Crippen LogP contribution in [0.3, 0.4) is 0 Å². The number of para-hydroxylation sites is 1. The maximum atomic E-state index is 12.2. The summed E-state index contributed by atoms with van der Waals surface area (Å²) < 4.78 is 42.0. The predicted octanol–water partition coefficient (Wildman–Crippen LogP) is 4.30. The van der Waals surface area contributed by atoms with Crippen molar-refractivity contribution in [3.05, 3.63) is 58.1 Å². The maximum absolute atomic E-state index is 12.2. The summed E-state index contributed by atoms with van der Waals surface area (Å²) in [4.78, 5) is 24.0. The Bertz CT molecular complexity index is 844. The zero-order valence-corrected chi connectivity index (χ0v) is 15.1. The fourth-order valence-electron chi connectivity index (χ4n) is 1.98. The Morgan fingerprint density at radius 2 is 1.78 bits per heavy atom. The van der Waals surface area contributed by atoms with Crippen LogP contribution in [0.15, 0.2) is 42.5 Å². The minimum absolute atomic E-state index is 0.0444. The molecule has 0 aliphatic carbocycles. The lowest BCUT2D eigenvalue weighted by Crippen LogP contribution is -2.34. The van der Waals surface area contributed by atoms with E-state index < -0.39 is 31.1 Å². The standard InChI is InChI=1S/C17H13Cl2F3N2O3/c18-10-5-6-12(19)14(7-10)27-8-15(25)24-13-4-2-1-3-11(13)16(26)23-9-17(20,21)22/h1-7H,8-9H2,(H,23,26)(H,24,25). The number of ether oxygens (including phenoxy) is 1. The number of amides is 2. The molecule has 27 heavy (non-hydrogen) atoms. The lowest BCUT2D eigenvalue weighted by Gasteiger charge is -2.13. The van der Waals surface area contributed by atoms with Crippen molar-refractivity contribution in [3.8, 4) is 5.75 Å². The Morgan fingerprint density at radius 3 is 2.48 bits per heavy atom. The highest BCUT2D eigenvalue weighted by molar-refractivity contribution is 6.34. The van der Waals surface area contributed by atoms with Gasteiger partial charge in [-0.15, -0.1) is 0 Å². The Hall–Kier alpha value is -2.45. The van der Waals surface area contributed by atoms with Gasteiger partial charge in [-0.05, 0) is 24.3 Å². The Morgan fingerprint density at radius 1 is 1.07 bits per heavy atom. The highest BCUT2D eigenvalue weighted by atomic mass is 35.5. The van der Waals surface area contributed by atoms with Crippen LogP contribution in [0.2, 0.25) is 10.0 Å². The fourth-order valence-corrected chi connectivity index (χ4v) is 2.32. The number of carbonyl (C=O) groups is 2. The van der Waals surface area contributed by atoms with Crippen LogP contribution in [0.1, 0.15) is 10.4 Å². The topological polar surface area (TPSA) is 67.4 Å². The van der Waals surface area contributed by atoms with Crippen molar-refractivity contribution in [1.82, 2.24) is 5.32 Å². The second-order valence-corrected chi connectivity index (χ2v) is 6.10. The molecule has 2 aromatic carbocycles. The van der Waals surface area contributed by atoms with Crippen LogP contribution < -0.4 is 15.4 Å². The molecule has 2 rings (SSSR count). The van der Waals surface area contributed by atoms with E-state index in [4.69, 9.17) is 27.9 Å². The van der Waals surface area contributed by atoms with Crippen LogP contribution in [-0.2, 0) is 4.79 Å². The van der Waals surface area contributed by atoms with Gasteiger partial charge >= 0.3 is 6.18 Å². The van der Waals surface area contributed by atoms with E-state index in [0.29, 0.717) is 5.02 Å². The number of hydrogen-bond donors (Lipinski definition) is 2. The SMILES string of the molecule is O=C(COc1cc(Cl)ccc1Cl)Nc1ccccc1C(=O)NCC(F)(F)F. The third-order valence-corrected chi connectivity index (χ3v) is 3.69. The van der Waals surface area contributed by atoms with Crippen LogP contribution >= 0.6 is 23.2 Å². The third-order valence-electron chi connectivity index (χ3n) is 3.15. The average Bonchev–Trinajstić information content (AvgIpc) is 2.60. The summed E-state index contributed by atoms with van der Waals surface area (Å²) in [7, 11) is 0. The molecular formula is C17H13Cl2F3N2O3. The molecule has 5 nitrogen and oxygen atoms in total. The molecule has 10 heteroatoms. The molecule has 0 aliphatic rings. The third kappa shape index (κ3) is 6.65. The predicted molar refractivity (Wildman–Crippen MR) is 95.4 cm³/mol. The van der Waals surface area contributed by atoms with Gasteiger partial charge in [0, 0.05) is 11.1 Å². The van der Waals surface area contributed by atoms with Gasteiger partial charge < -0.3 is 15.4 Å². The van der Waals surface area contributed by atoms with Gasteiger partial charge in [-0.2, -0.15) is 13.2 Å². The van der Waals surface area contributed by atoms with Gasteiger partial charge in [0.15, 0.2) is 6.61 Å². The van der Waals surface area contributed by atoms with E-state index >= 15 is 0 Å². The van der Waals surface area contributed by atoms with E-state index in [1.165, 1.54) is 36.4 Å². The minimum Gasteiger partial charge on any atom is -0.482 e. The lowest BCUT2D eigenvalue weighted by atomic mass is 10.1. The van der Waals surface area contributed by atoms with E-state index in [0.717, 1.165) is 0 Å². The van der Waals surface area contributed by atoms with Crippen molar-refractivity contribution < 1.29 is 27.5 Å². The Balaban J connectivity index is 2.01. The Labute approximate surface area is 162 Å². The van der Waals surface area contributed by atoms with Crippen LogP contribution in [0.4, 0.5) is 18.9 Å². The molecule has 0 saturated heterocycles. The Kier molecular flexibility index (Phi) is 6.92. The van der Waals surface area contributed by atoms with Crippen molar-refractivity contribution in [2.24, 2.45) is 0 Å². The number of nitrogens with one attached hydrogen (secondary N) is 2. The van der Waals surface area contributed by atoms with E-state index in [1.807, 2.05) is 0 Å². The molecule has 0 radical (unpaired) electrons. The van der Waals surface area contributed by atoms with E-state index in [1.54, 1.807) is 11.4 Å². The second-order valence-electron chi connectivity index (χ2n) is 5.26. The molecule has 0 fully saturated rings. The summed E-state index contributed by atoms with van der Waals surface area (Å²) >= 11 is 11.7. The number of carbonyl (C=O) groups excluding carboxylic acids is 2. The van der Waals surface area contributed by atoms with Crippen LogP contribution in [0.25, 0.3) is 0 Å². The lowest BCUT2D eigenvalue weighted by molar-refractivity contribution is -0.123. The molecule has 2 amide bonds. The number of halogens is 5.